The molecule has 1 fully saturated rings. The van der Waals surface area contributed by atoms with Crippen LogP contribution in [0.1, 0.15) is 44.1 Å². The molecule has 0 spiro atoms. The van der Waals surface area contributed by atoms with Crippen molar-refractivity contribution in [2.24, 2.45) is 11.7 Å². The van der Waals surface area contributed by atoms with Crippen LogP contribution in [0.2, 0.25) is 0 Å². The molecule has 1 aliphatic carbocycles. The topological polar surface area (TPSA) is 89.6 Å². The summed E-state index contributed by atoms with van der Waals surface area (Å²) >= 11 is 0. The molecule has 22 heavy (non-hydrogen) atoms. The third-order valence-corrected chi connectivity index (χ3v) is 4.36. The van der Waals surface area contributed by atoms with Crippen LogP contribution in [0.25, 0.3) is 0 Å². The number of hydrogen-bond acceptors (Lipinski definition) is 4. The Morgan fingerprint density at radius 3 is 2.55 bits per heavy atom. The number of rotatable bonds is 4. The molecular weight excluding hydrogens is 282 g/mol. The summed E-state index contributed by atoms with van der Waals surface area (Å²) in [6, 6.07) is 9.33. The van der Waals surface area contributed by atoms with Crippen molar-refractivity contribution in [3.63, 3.8) is 0 Å². The molecule has 0 heterocycles. The summed E-state index contributed by atoms with van der Waals surface area (Å²) in [5.74, 6) is -2.40. The molecule has 2 atom stereocenters. The smallest absolute Gasteiger partial charge is 0.324 e. The molecule has 5 nitrogen and oxygen atoms in total. The SMILES string of the molecule is NC1(C(=O)O)CCCCCCC1C(=O)OCc1ccccc1. The lowest BCUT2D eigenvalue weighted by Gasteiger charge is -2.33. The van der Waals surface area contributed by atoms with E-state index in [1.807, 2.05) is 30.3 Å². The molecular formula is C17H23NO4. The zero-order valence-corrected chi connectivity index (χ0v) is 12.7. The van der Waals surface area contributed by atoms with Gasteiger partial charge in [0, 0.05) is 0 Å². The number of carbonyl (C=O) groups excluding carboxylic acids is 1. The summed E-state index contributed by atoms with van der Waals surface area (Å²) in [5.41, 5.74) is 5.44. The summed E-state index contributed by atoms with van der Waals surface area (Å²) in [4.78, 5) is 24.0. The van der Waals surface area contributed by atoms with E-state index in [-0.39, 0.29) is 6.61 Å². The molecule has 3 N–H and O–H groups in total. The normalized spacial score (nSPS) is 25.8. The average Bonchev–Trinajstić information content (AvgIpc) is 2.50. The monoisotopic (exact) mass is 305 g/mol. The van der Waals surface area contributed by atoms with Gasteiger partial charge in [-0.3, -0.25) is 9.59 Å². The minimum absolute atomic E-state index is 0.145. The molecule has 1 aliphatic rings. The maximum atomic E-state index is 12.4. The molecule has 2 unspecified atom stereocenters. The highest BCUT2D eigenvalue weighted by atomic mass is 16.5. The van der Waals surface area contributed by atoms with Gasteiger partial charge in [-0.1, -0.05) is 56.0 Å². The molecule has 0 aromatic heterocycles. The first kappa shape index (κ1) is 16.5. The van der Waals surface area contributed by atoms with E-state index in [4.69, 9.17) is 10.5 Å². The highest BCUT2D eigenvalue weighted by Crippen LogP contribution is 2.31. The van der Waals surface area contributed by atoms with Crippen LogP contribution < -0.4 is 5.73 Å². The highest BCUT2D eigenvalue weighted by molar-refractivity contribution is 5.87. The zero-order chi connectivity index (χ0) is 16.0. The second-order valence-electron chi connectivity index (χ2n) is 5.94. The van der Waals surface area contributed by atoms with Crippen LogP contribution in [0.4, 0.5) is 0 Å². The van der Waals surface area contributed by atoms with Gasteiger partial charge in [0.25, 0.3) is 0 Å². The van der Waals surface area contributed by atoms with Gasteiger partial charge in [-0.25, -0.2) is 0 Å². The van der Waals surface area contributed by atoms with E-state index in [2.05, 4.69) is 0 Å². The van der Waals surface area contributed by atoms with Crippen molar-refractivity contribution >= 4 is 11.9 Å². The van der Waals surface area contributed by atoms with Gasteiger partial charge in [-0.05, 0) is 18.4 Å². The van der Waals surface area contributed by atoms with E-state index >= 15 is 0 Å². The molecule has 1 aromatic carbocycles. The maximum Gasteiger partial charge on any atom is 0.324 e. The molecule has 0 aliphatic heterocycles. The number of nitrogens with two attached hydrogens (primary N) is 1. The quantitative estimate of drug-likeness (QED) is 0.834. The number of aliphatic carboxylic acids is 1. The molecule has 0 amide bonds. The largest absolute Gasteiger partial charge is 0.480 e. The van der Waals surface area contributed by atoms with E-state index in [1.54, 1.807) is 0 Å². The Morgan fingerprint density at radius 1 is 1.18 bits per heavy atom. The van der Waals surface area contributed by atoms with E-state index in [9.17, 15) is 14.7 Å². The third kappa shape index (κ3) is 3.85. The second-order valence-corrected chi connectivity index (χ2v) is 5.94. The fourth-order valence-electron chi connectivity index (χ4n) is 2.96. The molecule has 120 valence electrons. The summed E-state index contributed by atoms with van der Waals surface area (Å²) < 4.78 is 5.33. The van der Waals surface area contributed by atoms with Crippen LogP contribution in [-0.4, -0.2) is 22.6 Å². The third-order valence-electron chi connectivity index (χ3n) is 4.36. The number of carboxylic acid groups (broad SMARTS) is 1. The van der Waals surface area contributed by atoms with Crippen molar-refractivity contribution in [1.29, 1.82) is 0 Å². The van der Waals surface area contributed by atoms with Crippen LogP contribution in [0, 0.1) is 5.92 Å². The lowest BCUT2D eigenvalue weighted by atomic mass is 9.75. The average molecular weight is 305 g/mol. The van der Waals surface area contributed by atoms with E-state index in [0.29, 0.717) is 12.8 Å². The van der Waals surface area contributed by atoms with Crippen molar-refractivity contribution in [2.45, 2.75) is 50.7 Å². The van der Waals surface area contributed by atoms with Gasteiger partial charge in [0.1, 0.15) is 12.1 Å². The Labute approximate surface area is 130 Å². The predicted octanol–water partition coefficient (Wildman–Crippen LogP) is 2.48. The summed E-state index contributed by atoms with van der Waals surface area (Å²) in [6.07, 6.45) is 4.27. The first-order valence-electron chi connectivity index (χ1n) is 7.77. The predicted molar refractivity (Wildman–Crippen MR) is 82.0 cm³/mol. The Hall–Kier alpha value is -1.88. The van der Waals surface area contributed by atoms with Crippen molar-refractivity contribution in [2.75, 3.05) is 0 Å². The van der Waals surface area contributed by atoms with E-state index in [1.165, 1.54) is 0 Å². The van der Waals surface area contributed by atoms with Gasteiger partial charge in [0.15, 0.2) is 0 Å². The van der Waals surface area contributed by atoms with Gasteiger partial charge in [-0.15, -0.1) is 0 Å². The molecule has 0 saturated heterocycles. The van der Waals surface area contributed by atoms with Crippen molar-refractivity contribution in [3.05, 3.63) is 35.9 Å². The summed E-state index contributed by atoms with van der Waals surface area (Å²) in [7, 11) is 0. The number of carboxylic acids is 1. The van der Waals surface area contributed by atoms with Gasteiger partial charge >= 0.3 is 11.9 Å². The fourth-order valence-corrected chi connectivity index (χ4v) is 2.96. The molecule has 2 rings (SSSR count). The van der Waals surface area contributed by atoms with Gasteiger partial charge < -0.3 is 15.6 Å². The van der Waals surface area contributed by atoms with Crippen molar-refractivity contribution < 1.29 is 19.4 Å². The van der Waals surface area contributed by atoms with Crippen LogP contribution in [0.15, 0.2) is 30.3 Å². The number of esters is 1. The summed E-state index contributed by atoms with van der Waals surface area (Å²) in [5, 5.41) is 9.49. The standard InChI is InChI=1S/C17H23NO4/c18-17(16(20)21)11-7-2-1-6-10-14(17)15(19)22-12-13-8-4-3-5-9-13/h3-5,8-9,14H,1-2,6-7,10-12,18H2,(H,20,21). The van der Waals surface area contributed by atoms with Gasteiger partial charge in [0.2, 0.25) is 0 Å². The molecule has 0 bridgehead atoms. The Kier molecular flexibility index (Phi) is 5.55. The van der Waals surface area contributed by atoms with Crippen LogP contribution in [0.3, 0.4) is 0 Å². The lowest BCUT2D eigenvalue weighted by Crippen LogP contribution is -2.57. The number of benzene rings is 1. The molecule has 1 aromatic rings. The van der Waals surface area contributed by atoms with Crippen LogP contribution in [-0.2, 0) is 20.9 Å². The van der Waals surface area contributed by atoms with Crippen molar-refractivity contribution in [3.8, 4) is 0 Å². The second kappa shape index (κ2) is 7.40. The van der Waals surface area contributed by atoms with Gasteiger partial charge in [0.05, 0.1) is 5.92 Å². The Morgan fingerprint density at radius 2 is 1.86 bits per heavy atom. The Balaban J connectivity index is 2.07. The number of ether oxygens (including phenoxy) is 1. The van der Waals surface area contributed by atoms with Crippen LogP contribution >= 0.6 is 0 Å². The molecule has 0 radical (unpaired) electrons. The lowest BCUT2D eigenvalue weighted by molar-refractivity contribution is -0.161. The minimum Gasteiger partial charge on any atom is -0.480 e. The molecule has 1 saturated carbocycles. The summed E-state index contributed by atoms with van der Waals surface area (Å²) in [6.45, 7) is 0.145. The van der Waals surface area contributed by atoms with Crippen molar-refractivity contribution in [1.82, 2.24) is 0 Å². The maximum absolute atomic E-state index is 12.4. The molecule has 5 heteroatoms. The fraction of sp³-hybridized carbons (Fsp3) is 0.529. The van der Waals surface area contributed by atoms with E-state index < -0.39 is 23.4 Å². The first-order valence-corrected chi connectivity index (χ1v) is 7.77. The van der Waals surface area contributed by atoms with Gasteiger partial charge in [-0.2, -0.15) is 0 Å². The van der Waals surface area contributed by atoms with Crippen LogP contribution in [0.5, 0.6) is 0 Å². The highest BCUT2D eigenvalue weighted by Gasteiger charge is 2.46. The zero-order valence-electron chi connectivity index (χ0n) is 12.7. The number of hydrogen-bond donors (Lipinski definition) is 2. The number of carbonyl (C=O) groups is 2. The Bertz CT molecular complexity index is 517. The van der Waals surface area contributed by atoms with E-state index in [0.717, 1.165) is 31.2 Å². The minimum atomic E-state index is -1.52. The first-order chi connectivity index (χ1) is 10.5.